The summed E-state index contributed by atoms with van der Waals surface area (Å²) in [5, 5.41) is 9.39. The molecule has 0 aromatic heterocycles. The minimum absolute atomic E-state index is 0.0591. The van der Waals surface area contributed by atoms with Crippen molar-refractivity contribution in [3.05, 3.63) is 71.8 Å². The van der Waals surface area contributed by atoms with Crippen molar-refractivity contribution in [2.45, 2.75) is 70.9 Å². The Morgan fingerprint density at radius 1 is 1.07 bits per heavy atom. The number of halogens is 1. The van der Waals surface area contributed by atoms with Crippen molar-refractivity contribution in [1.29, 1.82) is 0 Å². The highest BCUT2D eigenvalue weighted by atomic mass is 19.1. The average molecular weight is 416 g/mol. The molecule has 30 heavy (non-hydrogen) atoms. The van der Waals surface area contributed by atoms with Crippen molar-refractivity contribution < 1.29 is 19.0 Å². The Balaban J connectivity index is 2.38. The van der Waals surface area contributed by atoms with Gasteiger partial charge < -0.3 is 9.84 Å². The van der Waals surface area contributed by atoms with E-state index < -0.39 is 23.8 Å². The molecule has 0 aliphatic rings. The van der Waals surface area contributed by atoms with Crippen molar-refractivity contribution in [3.63, 3.8) is 0 Å². The largest absolute Gasteiger partial charge is 0.458 e. The van der Waals surface area contributed by atoms with Crippen molar-refractivity contribution in [2.75, 3.05) is 6.61 Å². The summed E-state index contributed by atoms with van der Waals surface area (Å²) in [6.45, 7) is 7.64. The smallest absolute Gasteiger partial charge is 0.342 e. The monoisotopic (exact) mass is 415 g/mol. The Bertz CT molecular complexity index is 761. The molecule has 0 radical (unpaired) electrons. The molecule has 2 aromatic rings. The number of alkyl halides is 1. The van der Waals surface area contributed by atoms with Gasteiger partial charge in [0.05, 0.1) is 6.04 Å². The summed E-state index contributed by atoms with van der Waals surface area (Å²) in [6, 6.07) is 18.8. The van der Waals surface area contributed by atoms with Crippen LogP contribution in [-0.4, -0.2) is 40.4 Å². The first kappa shape index (κ1) is 24.0. The van der Waals surface area contributed by atoms with Gasteiger partial charge in [-0.1, -0.05) is 60.7 Å². The van der Waals surface area contributed by atoms with E-state index in [4.69, 9.17) is 4.74 Å². The summed E-state index contributed by atoms with van der Waals surface area (Å²) in [4.78, 5) is 14.6. The van der Waals surface area contributed by atoms with Gasteiger partial charge in [-0.05, 0) is 51.7 Å². The minimum Gasteiger partial charge on any atom is -0.458 e. The van der Waals surface area contributed by atoms with Gasteiger partial charge in [-0.25, -0.2) is 9.18 Å². The summed E-state index contributed by atoms with van der Waals surface area (Å²) < 4.78 is 20.9. The van der Waals surface area contributed by atoms with Crippen LogP contribution in [0.25, 0.3) is 0 Å². The predicted octanol–water partition coefficient (Wildman–Crippen LogP) is 5.07. The van der Waals surface area contributed by atoms with Crippen LogP contribution in [-0.2, 0) is 16.1 Å². The van der Waals surface area contributed by atoms with E-state index in [2.05, 4.69) is 0 Å². The van der Waals surface area contributed by atoms with Gasteiger partial charge in [-0.15, -0.1) is 0 Å². The van der Waals surface area contributed by atoms with Crippen LogP contribution in [0, 0.1) is 0 Å². The maximum atomic E-state index is 15.5. The topological polar surface area (TPSA) is 49.8 Å². The third-order valence-corrected chi connectivity index (χ3v) is 5.04. The first-order chi connectivity index (χ1) is 14.2. The van der Waals surface area contributed by atoms with E-state index >= 15 is 4.39 Å². The lowest BCUT2D eigenvalue weighted by Gasteiger charge is -2.38. The molecular weight excluding hydrogens is 381 g/mol. The molecule has 0 aliphatic carbocycles. The molecule has 0 unspecified atom stereocenters. The van der Waals surface area contributed by atoms with Crippen LogP contribution in [0.1, 0.15) is 57.7 Å². The van der Waals surface area contributed by atoms with Gasteiger partial charge in [0.1, 0.15) is 5.60 Å². The van der Waals surface area contributed by atoms with Crippen molar-refractivity contribution in [2.24, 2.45) is 0 Å². The predicted molar refractivity (Wildman–Crippen MR) is 118 cm³/mol. The molecule has 0 saturated heterocycles. The van der Waals surface area contributed by atoms with E-state index in [1.54, 1.807) is 20.8 Å². The van der Waals surface area contributed by atoms with Crippen LogP contribution in [0.3, 0.4) is 0 Å². The van der Waals surface area contributed by atoms with Gasteiger partial charge in [-0.2, -0.15) is 0 Å². The Morgan fingerprint density at radius 2 is 1.63 bits per heavy atom. The number of carbonyl (C=O) groups is 1. The van der Waals surface area contributed by atoms with Gasteiger partial charge in [0.25, 0.3) is 0 Å². The highest BCUT2D eigenvalue weighted by Gasteiger charge is 2.37. The second kappa shape index (κ2) is 11.2. The SMILES string of the molecule is C[C@@H](c1ccccc1)N(Cc1ccccc1)[C@@H](CCCO)[C@H](F)C(=O)OC(C)(C)C. The number of aliphatic hydroxyl groups excluding tert-OH is 1. The highest BCUT2D eigenvalue weighted by Crippen LogP contribution is 2.30. The molecular formula is C25H34FNO3. The normalized spacial score (nSPS) is 14.9. The standard InChI is InChI=1S/C25H34FNO3/c1-19(21-14-9-6-10-15-21)27(18-20-12-7-5-8-13-20)22(16-11-17-28)23(26)24(29)30-25(2,3)4/h5-10,12-15,19,22-23,28H,11,16-18H2,1-4H3/t19-,22-,23-/m0/s1. The first-order valence-corrected chi connectivity index (χ1v) is 10.6. The Morgan fingerprint density at radius 3 is 2.17 bits per heavy atom. The van der Waals surface area contributed by atoms with E-state index in [1.165, 1.54) is 0 Å². The lowest BCUT2D eigenvalue weighted by molar-refractivity contribution is -0.164. The number of nitrogens with zero attached hydrogens (tertiary/aromatic N) is 1. The summed E-state index contributed by atoms with van der Waals surface area (Å²) in [5.74, 6) is -0.858. The molecule has 3 atom stereocenters. The van der Waals surface area contributed by atoms with E-state index in [9.17, 15) is 9.90 Å². The van der Waals surface area contributed by atoms with E-state index in [1.807, 2.05) is 72.5 Å². The quantitative estimate of drug-likeness (QED) is 0.551. The van der Waals surface area contributed by atoms with E-state index in [0.29, 0.717) is 19.4 Å². The summed E-state index contributed by atoms with van der Waals surface area (Å²) in [6.07, 6.45) is -1.06. The summed E-state index contributed by atoms with van der Waals surface area (Å²) in [5.41, 5.74) is 1.31. The zero-order valence-corrected chi connectivity index (χ0v) is 18.4. The fourth-order valence-electron chi connectivity index (χ4n) is 3.55. The Kier molecular flexibility index (Phi) is 9.00. The number of hydrogen-bond donors (Lipinski definition) is 1. The van der Waals surface area contributed by atoms with Crippen molar-refractivity contribution >= 4 is 5.97 Å². The fourth-order valence-corrected chi connectivity index (χ4v) is 3.55. The fraction of sp³-hybridized carbons (Fsp3) is 0.480. The molecule has 4 nitrogen and oxygen atoms in total. The summed E-state index contributed by atoms with van der Waals surface area (Å²) in [7, 11) is 0. The van der Waals surface area contributed by atoms with Crippen LogP contribution >= 0.6 is 0 Å². The van der Waals surface area contributed by atoms with Gasteiger partial charge >= 0.3 is 5.97 Å². The van der Waals surface area contributed by atoms with Crippen molar-refractivity contribution in [1.82, 2.24) is 4.90 Å². The maximum absolute atomic E-state index is 15.5. The molecule has 2 aromatic carbocycles. The number of rotatable bonds is 10. The Hall–Kier alpha value is -2.24. The van der Waals surface area contributed by atoms with Gasteiger partial charge in [0.2, 0.25) is 6.17 Å². The van der Waals surface area contributed by atoms with Gasteiger partial charge in [0, 0.05) is 19.2 Å². The molecule has 1 N–H and O–H groups in total. The molecule has 2 rings (SSSR count). The van der Waals surface area contributed by atoms with Crippen LogP contribution in [0.2, 0.25) is 0 Å². The molecule has 164 valence electrons. The van der Waals surface area contributed by atoms with Crippen molar-refractivity contribution in [3.8, 4) is 0 Å². The summed E-state index contributed by atoms with van der Waals surface area (Å²) >= 11 is 0. The number of ether oxygens (including phenoxy) is 1. The number of esters is 1. The Labute approximate surface area is 179 Å². The molecule has 0 spiro atoms. The number of hydrogen-bond acceptors (Lipinski definition) is 4. The molecule has 0 bridgehead atoms. The van der Waals surface area contributed by atoms with E-state index in [0.717, 1.165) is 11.1 Å². The maximum Gasteiger partial charge on any atom is 0.342 e. The average Bonchev–Trinajstić information content (AvgIpc) is 2.72. The minimum atomic E-state index is -1.81. The molecule has 0 heterocycles. The van der Waals surface area contributed by atoms with Gasteiger partial charge in [0.15, 0.2) is 0 Å². The zero-order valence-electron chi connectivity index (χ0n) is 18.4. The molecule has 0 amide bonds. The molecule has 5 heteroatoms. The van der Waals surface area contributed by atoms with Crippen LogP contribution in [0.15, 0.2) is 60.7 Å². The second-order valence-corrected chi connectivity index (χ2v) is 8.61. The molecule has 0 aliphatic heterocycles. The zero-order chi connectivity index (χ0) is 22.1. The molecule has 0 fully saturated rings. The van der Waals surface area contributed by atoms with Crippen LogP contribution < -0.4 is 0 Å². The third kappa shape index (κ3) is 7.22. The highest BCUT2D eigenvalue weighted by molar-refractivity contribution is 5.76. The molecule has 0 saturated carbocycles. The first-order valence-electron chi connectivity index (χ1n) is 10.6. The number of aliphatic hydroxyl groups is 1. The van der Waals surface area contributed by atoms with Crippen LogP contribution in [0.4, 0.5) is 4.39 Å². The lowest BCUT2D eigenvalue weighted by atomic mass is 9.97. The number of benzene rings is 2. The van der Waals surface area contributed by atoms with Gasteiger partial charge in [-0.3, -0.25) is 4.90 Å². The van der Waals surface area contributed by atoms with Crippen LogP contribution in [0.5, 0.6) is 0 Å². The third-order valence-electron chi connectivity index (χ3n) is 5.04. The van der Waals surface area contributed by atoms with E-state index in [-0.39, 0.29) is 12.6 Å². The lowest BCUT2D eigenvalue weighted by Crippen LogP contribution is -2.47. The second-order valence-electron chi connectivity index (χ2n) is 8.61. The number of carbonyl (C=O) groups excluding carboxylic acids is 1.